The number of alkyl halides is 2. The van der Waals surface area contributed by atoms with E-state index in [4.69, 9.17) is 0 Å². The van der Waals surface area contributed by atoms with Gasteiger partial charge in [0.2, 0.25) is 6.43 Å². The largest absolute Gasteiger partial charge is 0.316 e. The minimum Gasteiger partial charge on any atom is -0.316 e. The molecular formula is C12H15F2N. The first kappa shape index (κ1) is 10.6. The van der Waals surface area contributed by atoms with E-state index in [9.17, 15) is 8.78 Å². The molecular weight excluding hydrogens is 196 g/mol. The van der Waals surface area contributed by atoms with Crippen LogP contribution in [0, 0.1) is 0 Å². The van der Waals surface area contributed by atoms with Crippen molar-refractivity contribution in [1.82, 2.24) is 5.32 Å². The van der Waals surface area contributed by atoms with Gasteiger partial charge in [0, 0.05) is 13.0 Å². The summed E-state index contributed by atoms with van der Waals surface area (Å²) in [6, 6.07) is 7.57. The molecule has 1 aliphatic heterocycles. The van der Waals surface area contributed by atoms with Crippen LogP contribution in [0.1, 0.15) is 23.5 Å². The van der Waals surface area contributed by atoms with Gasteiger partial charge in [-0.2, -0.15) is 0 Å². The van der Waals surface area contributed by atoms with Gasteiger partial charge < -0.3 is 5.32 Å². The van der Waals surface area contributed by atoms with Crippen LogP contribution in [0.2, 0.25) is 0 Å². The van der Waals surface area contributed by atoms with Crippen molar-refractivity contribution in [3.8, 4) is 0 Å². The smallest absolute Gasteiger partial charge is 0.242 e. The number of nitrogens with one attached hydrogen (secondary N) is 1. The minimum absolute atomic E-state index is 0.118. The SMILES string of the molecule is FC(F)Cc1ccccc1C1CCNC1. The van der Waals surface area contributed by atoms with Crippen molar-refractivity contribution in [1.29, 1.82) is 0 Å². The monoisotopic (exact) mass is 211 g/mol. The number of hydrogen-bond acceptors (Lipinski definition) is 1. The second kappa shape index (κ2) is 4.71. The van der Waals surface area contributed by atoms with Crippen molar-refractivity contribution < 1.29 is 8.78 Å². The summed E-state index contributed by atoms with van der Waals surface area (Å²) in [5.41, 5.74) is 1.91. The van der Waals surface area contributed by atoms with Crippen LogP contribution >= 0.6 is 0 Å². The van der Waals surface area contributed by atoms with E-state index in [1.807, 2.05) is 24.3 Å². The molecule has 1 fully saturated rings. The number of hydrogen-bond donors (Lipinski definition) is 1. The van der Waals surface area contributed by atoms with E-state index in [1.165, 1.54) is 0 Å². The van der Waals surface area contributed by atoms with Crippen LogP contribution < -0.4 is 5.32 Å². The molecule has 0 radical (unpaired) electrons. The van der Waals surface area contributed by atoms with Crippen molar-refractivity contribution in [3.63, 3.8) is 0 Å². The number of halogens is 2. The van der Waals surface area contributed by atoms with Crippen LogP contribution in [0.25, 0.3) is 0 Å². The second-order valence-electron chi connectivity index (χ2n) is 3.98. The van der Waals surface area contributed by atoms with Crippen LogP contribution in [-0.2, 0) is 6.42 Å². The van der Waals surface area contributed by atoms with Crippen molar-refractivity contribution in [3.05, 3.63) is 35.4 Å². The zero-order valence-electron chi connectivity index (χ0n) is 8.55. The average Bonchev–Trinajstić information content (AvgIpc) is 2.70. The first-order valence-electron chi connectivity index (χ1n) is 5.34. The molecule has 0 saturated carbocycles. The molecule has 0 amide bonds. The zero-order chi connectivity index (χ0) is 10.7. The second-order valence-corrected chi connectivity index (χ2v) is 3.98. The third-order valence-corrected chi connectivity index (χ3v) is 2.93. The van der Waals surface area contributed by atoms with Crippen LogP contribution in [0.4, 0.5) is 8.78 Å². The van der Waals surface area contributed by atoms with Gasteiger partial charge in [-0.1, -0.05) is 24.3 Å². The fraction of sp³-hybridized carbons (Fsp3) is 0.500. The number of rotatable bonds is 3. The lowest BCUT2D eigenvalue weighted by Crippen LogP contribution is -2.10. The van der Waals surface area contributed by atoms with E-state index in [-0.39, 0.29) is 6.42 Å². The van der Waals surface area contributed by atoms with Gasteiger partial charge in [0.25, 0.3) is 0 Å². The van der Waals surface area contributed by atoms with Crippen molar-refractivity contribution >= 4 is 0 Å². The summed E-state index contributed by atoms with van der Waals surface area (Å²) in [4.78, 5) is 0. The summed E-state index contributed by atoms with van der Waals surface area (Å²) in [5, 5.41) is 3.26. The molecule has 0 spiro atoms. The highest BCUT2D eigenvalue weighted by Crippen LogP contribution is 2.26. The van der Waals surface area contributed by atoms with Crippen LogP contribution in [0.5, 0.6) is 0 Å². The molecule has 15 heavy (non-hydrogen) atoms. The lowest BCUT2D eigenvalue weighted by Gasteiger charge is -2.14. The molecule has 1 unspecified atom stereocenters. The van der Waals surface area contributed by atoms with Crippen LogP contribution in [0.15, 0.2) is 24.3 Å². The normalized spacial score (nSPS) is 21.1. The van der Waals surface area contributed by atoms with Crippen molar-refractivity contribution in [2.24, 2.45) is 0 Å². The Bertz CT molecular complexity index is 319. The summed E-state index contributed by atoms with van der Waals surface area (Å²) in [6.07, 6.45) is -1.31. The molecule has 3 heteroatoms. The maximum absolute atomic E-state index is 12.4. The van der Waals surface area contributed by atoms with Gasteiger partial charge in [0.05, 0.1) is 0 Å². The predicted octanol–water partition coefficient (Wildman–Crippen LogP) is 2.57. The highest BCUT2D eigenvalue weighted by molar-refractivity contribution is 5.31. The number of benzene rings is 1. The Morgan fingerprint density at radius 1 is 1.33 bits per heavy atom. The molecule has 1 aliphatic rings. The predicted molar refractivity (Wildman–Crippen MR) is 56.4 cm³/mol. The fourth-order valence-electron chi connectivity index (χ4n) is 2.20. The quantitative estimate of drug-likeness (QED) is 0.810. The molecule has 2 rings (SSSR count). The van der Waals surface area contributed by atoms with E-state index in [2.05, 4.69) is 5.32 Å². The minimum atomic E-state index is -2.25. The van der Waals surface area contributed by atoms with E-state index in [0.717, 1.165) is 30.6 Å². The Morgan fingerprint density at radius 2 is 2.13 bits per heavy atom. The van der Waals surface area contributed by atoms with Gasteiger partial charge in [-0.3, -0.25) is 0 Å². The third-order valence-electron chi connectivity index (χ3n) is 2.93. The van der Waals surface area contributed by atoms with Gasteiger partial charge in [-0.15, -0.1) is 0 Å². The molecule has 82 valence electrons. The fourth-order valence-corrected chi connectivity index (χ4v) is 2.20. The van der Waals surface area contributed by atoms with Crippen LogP contribution in [-0.4, -0.2) is 19.5 Å². The van der Waals surface area contributed by atoms with E-state index in [0.29, 0.717) is 5.92 Å². The molecule has 1 nitrogen and oxygen atoms in total. The van der Waals surface area contributed by atoms with Gasteiger partial charge >= 0.3 is 0 Å². The topological polar surface area (TPSA) is 12.0 Å². The maximum Gasteiger partial charge on any atom is 0.242 e. The molecule has 0 aromatic heterocycles. The molecule has 1 heterocycles. The summed E-state index contributed by atoms with van der Waals surface area (Å²) in [6.45, 7) is 1.91. The third kappa shape index (κ3) is 2.53. The Labute approximate surface area is 88.5 Å². The van der Waals surface area contributed by atoms with Crippen LogP contribution in [0.3, 0.4) is 0 Å². The summed E-state index contributed by atoms with van der Waals surface area (Å²) < 4.78 is 24.7. The van der Waals surface area contributed by atoms with Gasteiger partial charge in [-0.25, -0.2) is 8.78 Å². The molecule has 0 aliphatic carbocycles. The standard InChI is InChI=1S/C12H15F2N/c13-12(14)7-9-3-1-2-4-11(9)10-5-6-15-8-10/h1-4,10,12,15H,5-8H2. The van der Waals surface area contributed by atoms with E-state index >= 15 is 0 Å². The summed E-state index contributed by atoms with van der Waals surface area (Å²) in [7, 11) is 0. The Hall–Kier alpha value is -0.960. The molecule has 0 bridgehead atoms. The molecule has 1 N–H and O–H groups in total. The summed E-state index contributed by atoms with van der Waals surface area (Å²) >= 11 is 0. The molecule has 1 saturated heterocycles. The van der Waals surface area contributed by atoms with E-state index < -0.39 is 6.43 Å². The highest BCUT2D eigenvalue weighted by Gasteiger charge is 2.20. The van der Waals surface area contributed by atoms with Crippen molar-refractivity contribution in [2.45, 2.75) is 25.2 Å². The Morgan fingerprint density at radius 3 is 2.80 bits per heavy atom. The Kier molecular flexibility index (Phi) is 3.31. The van der Waals surface area contributed by atoms with Gasteiger partial charge in [0.15, 0.2) is 0 Å². The van der Waals surface area contributed by atoms with Gasteiger partial charge in [0.1, 0.15) is 0 Å². The maximum atomic E-state index is 12.4. The first-order chi connectivity index (χ1) is 7.27. The lowest BCUT2D eigenvalue weighted by atomic mass is 9.92. The average molecular weight is 211 g/mol. The summed E-state index contributed by atoms with van der Waals surface area (Å²) in [5.74, 6) is 0.417. The van der Waals surface area contributed by atoms with Crippen molar-refractivity contribution in [2.75, 3.05) is 13.1 Å². The molecule has 1 aromatic carbocycles. The zero-order valence-corrected chi connectivity index (χ0v) is 8.55. The van der Waals surface area contributed by atoms with E-state index in [1.54, 1.807) is 0 Å². The molecule has 1 atom stereocenters. The highest BCUT2D eigenvalue weighted by atomic mass is 19.3. The lowest BCUT2D eigenvalue weighted by molar-refractivity contribution is 0.148. The Balaban J connectivity index is 2.20. The molecule has 1 aromatic rings. The first-order valence-corrected chi connectivity index (χ1v) is 5.34. The van der Waals surface area contributed by atoms with Gasteiger partial charge in [-0.05, 0) is 30.0 Å².